The molecule has 0 amide bonds. The molecule has 0 radical (unpaired) electrons. The fraction of sp³-hybridized carbons (Fsp3) is 0. The lowest BCUT2D eigenvalue weighted by Gasteiger charge is -2.20. The molecule has 0 fully saturated rings. The molecular weight excluding hydrogens is 256 g/mol. The van der Waals surface area contributed by atoms with Crippen molar-refractivity contribution in [2.24, 2.45) is 5.10 Å². The Labute approximate surface area is 102 Å². The Morgan fingerprint density at radius 1 is 1.20 bits per heavy atom. The highest BCUT2D eigenvalue weighted by Crippen LogP contribution is 2.24. The van der Waals surface area contributed by atoms with Crippen LogP contribution in [-0.2, 0) is 0 Å². The first-order valence-corrected chi connectivity index (χ1v) is 5.19. The molecule has 0 saturated heterocycles. The summed E-state index contributed by atoms with van der Waals surface area (Å²) in [6.45, 7) is 0. The summed E-state index contributed by atoms with van der Waals surface area (Å²) < 4.78 is 1.01. The molecule has 1 N–H and O–H groups in total. The van der Waals surface area contributed by atoms with Crippen LogP contribution in [0.15, 0.2) is 35.4 Å². The lowest BCUT2D eigenvalue weighted by Crippen LogP contribution is -2.28. The standard InChI is InChI=1S/C9H6Cl3N3/c10-7-4-2-1-3-6(7)8-5-9(11)14-15(12)13-8/h1-5,13H. The Kier molecular flexibility index (Phi) is 3.05. The highest BCUT2D eigenvalue weighted by Gasteiger charge is 2.13. The van der Waals surface area contributed by atoms with E-state index in [0.29, 0.717) is 15.9 Å². The maximum Gasteiger partial charge on any atom is 0.154 e. The molecule has 2 rings (SSSR count). The van der Waals surface area contributed by atoms with E-state index in [0.717, 1.165) is 10.2 Å². The van der Waals surface area contributed by atoms with Crippen LogP contribution in [0, 0.1) is 0 Å². The normalized spacial score (nSPS) is 15.5. The van der Waals surface area contributed by atoms with Gasteiger partial charge in [-0.3, -0.25) is 5.43 Å². The fourth-order valence-corrected chi connectivity index (χ4v) is 1.84. The molecule has 6 heteroatoms. The summed E-state index contributed by atoms with van der Waals surface area (Å²) in [5.41, 5.74) is 4.33. The van der Waals surface area contributed by atoms with Crippen LogP contribution in [0.3, 0.4) is 0 Å². The second-order valence-electron chi connectivity index (χ2n) is 2.83. The van der Waals surface area contributed by atoms with E-state index in [1.807, 2.05) is 18.2 Å². The van der Waals surface area contributed by atoms with Crippen molar-refractivity contribution >= 4 is 45.8 Å². The van der Waals surface area contributed by atoms with Crippen LogP contribution in [0.2, 0.25) is 5.02 Å². The number of nitrogens with zero attached hydrogens (tertiary/aromatic N) is 2. The summed E-state index contributed by atoms with van der Waals surface area (Å²) in [5, 5.41) is 4.65. The Balaban J connectivity index is 2.41. The van der Waals surface area contributed by atoms with E-state index in [4.69, 9.17) is 35.0 Å². The molecule has 0 saturated carbocycles. The van der Waals surface area contributed by atoms with Gasteiger partial charge in [0.05, 0.1) is 17.5 Å². The molecule has 3 nitrogen and oxygen atoms in total. The first-order valence-electron chi connectivity index (χ1n) is 4.10. The van der Waals surface area contributed by atoms with E-state index in [1.165, 1.54) is 0 Å². The number of allylic oxidation sites excluding steroid dienone is 1. The lowest BCUT2D eigenvalue weighted by atomic mass is 10.1. The smallest absolute Gasteiger partial charge is 0.154 e. The van der Waals surface area contributed by atoms with Gasteiger partial charge in [-0.1, -0.05) is 41.4 Å². The van der Waals surface area contributed by atoms with E-state index in [1.54, 1.807) is 12.1 Å². The molecule has 0 bridgehead atoms. The van der Waals surface area contributed by atoms with Crippen LogP contribution in [0.5, 0.6) is 0 Å². The minimum Gasteiger partial charge on any atom is -0.266 e. The highest BCUT2D eigenvalue weighted by molar-refractivity contribution is 6.69. The Morgan fingerprint density at radius 2 is 1.93 bits per heavy atom. The average molecular weight is 263 g/mol. The van der Waals surface area contributed by atoms with Crippen molar-refractivity contribution in [2.75, 3.05) is 0 Å². The molecule has 0 unspecified atom stereocenters. The van der Waals surface area contributed by atoms with Crippen LogP contribution in [0.4, 0.5) is 0 Å². The number of hydrogen-bond donors (Lipinski definition) is 1. The Bertz CT molecular complexity index is 442. The molecule has 1 aliphatic rings. The van der Waals surface area contributed by atoms with Crippen molar-refractivity contribution in [2.45, 2.75) is 0 Å². The van der Waals surface area contributed by atoms with Crippen LogP contribution in [-0.4, -0.2) is 9.81 Å². The first-order chi connectivity index (χ1) is 7.16. The van der Waals surface area contributed by atoms with Gasteiger partial charge < -0.3 is 0 Å². The minimum atomic E-state index is 0.290. The maximum atomic E-state index is 6.03. The summed E-state index contributed by atoms with van der Waals surface area (Å²) in [6, 6.07) is 7.38. The maximum absolute atomic E-state index is 6.03. The van der Waals surface area contributed by atoms with Crippen molar-refractivity contribution in [1.82, 2.24) is 10.1 Å². The van der Waals surface area contributed by atoms with Gasteiger partial charge in [-0.15, -0.1) is 9.74 Å². The van der Waals surface area contributed by atoms with Gasteiger partial charge in [0.2, 0.25) is 0 Å². The second kappa shape index (κ2) is 4.31. The zero-order valence-electron chi connectivity index (χ0n) is 7.42. The van der Waals surface area contributed by atoms with Crippen LogP contribution in [0.25, 0.3) is 5.70 Å². The summed E-state index contributed by atoms with van der Waals surface area (Å²) in [6.07, 6.45) is 1.65. The van der Waals surface area contributed by atoms with Gasteiger partial charge in [-0.2, -0.15) is 0 Å². The molecule has 0 aliphatic carbocycles. The number of hydrazone groups is 1. The average Bonchev–Trinajstić information content (AvgIpc) is 2.16. The third-order valence-electron chi connectivity index (χ3n) is 1.82. The van der Waals surface area contributed by atoms with Crippen molar-refractivity contribution in [3.05, 3.63) is 40.9 Å². The minimum absolute atomic E-state index is 0.290. The molecule has 0 spiro atoms. The van der Waals surface area contributed by atoms with Crippen LogP contribution >= 0.6 is 35.0 Å². The summed E-state index contributed by atoms with van der Waals surface area (Å²) in [4.78, 5) is 0. The van der Waals surface area contributed by atoms with Crippen molar-refractivity contribution in [3.63, 3.8) is 0 Å². The van der Waals surface area contributed by atoms with Crippen LogP contribution in [0.1, 0.15) is 5.56 Å². The number of hydrogen-bond acceptors (Lipinski definition) is 3. The molecule has 0 aromatic heterocycles. The van der Waals surface area contributed by atoms with Gasteiger partial charge in [0.1, 0.15) is 0 Å². The quantitative estimate of drug-likeness (QED) is 0.787. The zero-order valence-corrected chi connectivity index (χ0v) is 9.68. The molecule has 1 aromatic rings. The van der Waals surface area contributed by atoms with E-state index in [9.17, 15) is 0 Å². The topological polar surface area (TPSA) is 27.6 Å². The number of nitrogens with one attached hydrogen (secondary N) is 1. The molecule has 0 atom stereocenters. The van der Waals surface area contributed by atoms with Gasteiger partial charge in [-0.25, -0.2) is 0 Å². The third kappa shape index (κ3) is 2.37. The van der Waals surface area contributed by atoms with Crippen molar-refractivity contribution in [1.29, 1.82) is 0 Å². The largest absolute Gasteiger partial charge is 0.266 e. The monoisotopic (exact) mass is 261 g/mol. The molecular formula is C9H6Cl3N3. The van der Waals surface area contributed by atoms with E-state index < -0.39 is 0 Å². The summed E-state index contributed by atoms with van der Waals surface area (Å²) in [5.74, 6) is 0. The number of halogens is 3. The molecule has 1 heterocycles. The third-order valence-corrected chi connectivity index (χ3v) is 2.50. The molecule has 15 heavy (non-hydrogen) atoms. The van der Waals surface area contributed by atoms with E-state index >= 15 is 0 Å². The second-order valence-corrected chi connectivity index (χ2v) is 3.95. The Hall–Kier alpha value is -0.900. The van der Waals surface area contributed by atoms with E-state index in [2.05, 4.69) is 10.5 Å². The predicted octanol–water partition coefficient (Wildman–Crippen LogP) is 3.21. The van der Waals surface area contributed by atoms with Gasteiger partial charge in [0, 0.05) is 16.7 Å². The summed E-state index contributed by atoms with van der Waals surface area (Å²) in [7, 11) is 0. The molecule has 1 aliphatic heterocycles. The fourth-order valence-electron chi connectivity index (χ4n) is 1.21. The number of rotatable bonds is 1. The molecule has 78 valence electrons. The van der Waals surface area contributed by atoms with Crippen molar-refractivity contribution in [3.8, 4) is 0 Å². The zero-order chi connectivity index (χ0) is 10.8. The number of benzene rings is 1. The Morgan fingerprint density at radius 3 is 2.60 bits per heavy atom. The lowest BCUT2D eigenvalue weighted by molar-refractivity contribution is 0.425. The van der Waals surface area contributed by atoms with E-state index in [-0.39, 0.29) is 0 Å². The van der Waals surface area contributed by atoms with Gasteiger partial charge in [0.25, 0.3) is 0 Å². The van der Waals surface area contributed by atoms with Gasteiger partial charge in [-0.05, 0) is 6.07 Å². The van der Waals surface area contributed by atoms with Crippen molar-refractivity contribution < 1.29 is 0 Å². The van der Waals surface area contributed by atoms with Crippen LogP contribution < -0.4 is 5.43 Å². The summed E-state index contributed by atoms with van der Waals surface area (Å²) >= 11 is 17.5. The molecule has 1 aromatic carbocycles. The predicted molar refractivity (Wildman–Crippen MR) is 63.5 cm³/mol. The number of hydrazine groups is 1. The highest BCUT2D eigenvalue weighted by atomic mass is 35.5. The SMILES string of the molecule is ClC1=NN(Cl)NC(c2ccccc2Cl)=C1. The van der Waals surface area contributed by atoms with Gasteiger partial charge >= 0.3 is 0 Å². The first kappa shape index (κ1) is 10.6. The van der Waals surface area contributed by atoms with Gasteiger partial charge in [0.15, 0.2) is 5.17 Å².